The van der Waals surface area contributed by atoms with Gasteiger partial charge in [0, 0.05) is 16.8 Å². The quantitative estimate of drug-likeness (QED) is 0.579. The van der Waals surface area contributed by atoms with Crippen molar-refractivity contribution in [1.29, 1.82) is 0 Å². The fourth-order valence-corrected chi connectivity index (χ4v) is 4.91. The highest BCUT2D eigenvalue weighted by Crippen LogP contribution is 2.39. The van der Waals surface area contributed by atoms with Crippen LogP contribution in [-0.2, 0) is 19.4 Å². The molecular weight excluding hydrogens is 354 g/mol. The van der Waals surface area contributed by atoms with Gasteiger partial charge in [-0.05, 0) is 54.7 Å². The minimum atomic E-state index is -0.0272. The van der Waals surface area contributed by atoms with Gasteiger partial charge in [0.2, 0.25) is 0 Å². The highest BCUT2D eigenvalue weighted by molar-refractivity contribution is 7.17. The van der Waals surface area contributed by atoms with E-state index in [-0.39, 0.29) is 5.91 Å². The third-order valence-electron chi connectivity index (χ3n) is 5.13. The monoisotopic (exact) mass is 373 g/mol. The zero-order chi connectivity index (χ0) is 18.4. The Hall–Kier alpha value is -2.92. The number of hydrogen-bond acceptors (Lipinski definition) is 3. The molecule has 5 rings (SSSR count). The molecule has 3 heterocycles. The van der Waals surface area contributed by atoms with E-state index in [4.69, 9.17) is 0 Å². The summed E-state index contributed by atoms with van der Waals surface area (Å²) in [5, 5.41) is 3.02. The Bertz CT molecular complexity index is 1170. The van der Waals surface area contributed by atoms with Crippen molar-refractivity contribution in [2.45, 2.75) is 26.3 Å². The lowest BCUT2D eigenvalue weighted by Gasteiger charge is -2.15. The minimum absolute atomic E-state index is 0.0272. The van der Waals surface area contributed by atoms with E-state index >= 15 is 0 Å². The first-order chi connectivity index (χ1) is 13.2. The first-order valence-corrected chi connectivity index (χ1v) is 9.93. The van der Waals surface area contributed by atoms with Crippen molar-refractivity contribution < 1.29 is 4.79 Å². The smallest absolute Gasteiger partial charge is 0.261 e. The second-order valence-electron chi connectivity index (χ2n) is 6.93. The highest BCUT2D eigenvalue weighted by Gasteiger charge is 2.21. The summed E-state index contributed by atoms with van der Waals surface area (Å²) in [6, 6.07) is 16.6. The number of nitrogens with zero attached hydrogens (tertiary/aromatic N) is 2. The molecule has 134 valence electrons. The first kappa shape index (κ1) is 16.3. The second kappa shape index (κ2) is 6.35. The third-order valence-corrected chi connectivity index (χ3v) is 6.34. The van der Waals surface area contributed by atoms with Gasteiger partial charge in [0.25, 0.3) is 5.91 Å². The van der Waals surface area contributed by atoms with Gasteiger partial charge in [-0.2, -0.15) is 0 Å². The molecule has 1 aliphatic carbocycles. The molecule has 1 amide bonds. The molecule has 0 spiro atoms. The number of fused-ring (bicyclic) bond motifs is 4. The lowest BCUT2D eigenvalue weighted by Crippen LogP contribution is -2.21. The van der Waals surface area contributed by atoms with E-state index < -0.39 is 0 Å². The average molecular weight is 373 g/mol. The molecule has 0 fully saturated rings. The molecule has 0 aliphatic heterocycles. The molecule has 1 aliphatic rings. The number of carbonyl (C=O) groups is 1. The normalized spacial score (nSPS) is 12.6. The van der Waals surface area contributed by atoms with E-state index in [1.54, 1.807) is 11.3 Å². The van der Waals surface area contributed by atoms with Crippen molar-refractivity contribution in [1.82, 2.24) is 14.7 Å². The van der Waals surface area contributed by atoms with E-state index in [1.165, 1.54) is 21.6 Å². The predicted octanol–water partition coefficient (Wildman–Crippen LogP) is 4.40. The van der Waals surface area contributed by atoms with Crippen LogP contribution < -0.4 is 5.32 Å². The molecule has 1 N–H and O–H groups in total. The van der Waals surface area contributed by atoms with Crippen LogP contribution in [0.1, 0.15) is 32.2 Å². The van der Waals surface area contributed by atoms with Crippen LogP contribution in [0, 0.1) is 6.92 Å². The van der Waals surface area contributed by atoms with Crippen LogP contribution in [0.2, 0.25) is 0 Å². The maximum atomic E-state index is 12.7. The number of amides is 1. The van der Waals surface area contributed by atoms with Gasteiger partial charge in [0.1, 0.15) is 5.65 Å². The van der Waals surface area contributed by atoms with Gasteiger partial charge in [-0.25, -0.2) is 4.98 Å². The largest absolute Gasteiger partial charge is 0.346 e. The molecule has 5 heteroatoms. The van der Waals surface area contributed by atoms with Crippen LogP contribution in [0.4, 0.5) is 0 Å². The van der Waals surface area contributed by atoms with Crippen molar-refractivity contribution in [2.24, 2.45) is 0 Å². The van der Waals surface area contributed by atoms with Crippen molar-refractivity contribution in [3.63, 3.8) is 0 Å². The van der Waals surface area contributed by atoms with Gasteiger partial charge in [0.05, 0.1) is 17.1 Å². The second-order valence-corrected chi connectivity index (χ2v) is 7.98. The Morgan fingerprint density at radius 3 is 2.89 bits per heavy atom. The summed E-state index contributed by atoms with van der Waals surface area (Å²) in [4.78, 5) is 19.3. The van der Waals surface area contributed by atoms with E-state index in [1.807, 2.05) is 35.7 Å². The SMILES string of the molecule is Cc1cccc2nc(CNC(=O)c3cc4c(s3)-c3ccccc3CC4)cn12. The summed E-state index contributed by atoms with van der Waals surface area (Å²) < 4.78 is 2.04. The van der Waals surface area contributed by atoms with Gasteiger partial charge in [-0.3, -0.25) is 4.79 Å². The number of pyridine rings is 1. The fraction of sp³-hybridized carbons (Fsp3) is 0.182. The standard InChI is InChI=1S/C22H19N3OS/c1-14-5-4-8-20-24-17(13-25(14)20)12-23-22(26)19-11-16-10-9-15-6-2-3-7-18(15)21(16)27-19/h2-8,11,13H,9-10,12H2,1H3,(H,23,26). The molecule has 0 saturated carbocycles. The van der Waals surface area contributed by atoms with Crippen molar-refractivity contribution >= 4 is 22.9 Å². The number of nitrogens with one attached hydrogen (secondary N) is 1. The summed E-state index contributed by atoms with van der Waals surface area (Å²) in [5.41, 5.74) is 6.83. The zero-order valence-electron chi connectivity index (χ0n) is 15.0. The van der Waals surface area contributed by atoms with Crippen LogP contribution >= 0.6 is 11.3 Å². The lowest BCUT2D eigenvalue weighted by molar-refractivity contribution is 0.0954. The zero-order valence-corrected chi connectivity index (χ0v) is 15.8. The Labute approximate surface area is 161 Å². The van der Waals surface area contributed by atoms with Crippen molar-refractivity contribution in [3.8, 4) is 10.4 Å². The topological polar surface area (TPSA) is 46.4 Å². The van der Waals surface area contributed by atoms with Crippen LogP contribution in [0.5, 0.6) is 0 Å². The van der Waals surface area contributed by atoms with Gasteiger partial charge in [-0.1, -0.05) is 30.3 Å². The van der Waals surface area contributed by atoms with Gasteiger partial charge >= 0.3 is 0 Å². The summed E-state index contributed by atoms with van der Waals surface area (Å²) in [7, 11) is 0. The molecule has 0 saturated heterocycles. The Kier molecular flexibility index (Phi) is 3.83. The van der Waals surface area contributed by atoms with Crippen LogP contribution in [0.15, 0.2) is 54.7 Å². The number of benzene rings is 1. The van der Waals surface area contributed by atoms with Crippen LogP contribution in [0.25, 0.3) is 16.1 Å². The molecule has 0 atom stereocenters. The number of imidazole rings is 1. The molecule has 27 heavy (non-hydrogen) atoms. The van der Waals surface area contributed by atoms with E-state index in [0.717, 1.165) is 34.8 Å². The molecule has 0 unspecified atom stereocenters. The first-order valence-electron chi connectivity index (χ1n) is 9.12. The maximum Gasteiger partial charge on any atom is 0.261 e. The number of carbonyl (C=O) groups excluding carboxylic acids is 1. The molecule has 4 aromatic rings. The van der Waals surface area contributed by atoms with Gasteiger partial charge < -0.3 is 9.72 Å². The molecule has 1 aromatic carbocycles. The number of hydrogen-bond donors (Lipinski definition) is 1. The number of aromatic nitrogens is 2. The molecule has 0 radical (unpaired) electrons. The molecule has 4 nitrogen and oxygen atoms in total. The van der Waals surface area contributed by atoms with Crippen LogP contribution in [-0.4, -0.2) is 15.3 Å². The summed E-state index contributed by atoms with van der Waals surface area (Å²) in [6.07, 6.45) is 4.03. The summed E-state index contributed by atoms with van der Waals surface area (Å²) in [6.45, 7) is 2.48. The predicted molar refractivity (Wildman–Crippen MR) is 108 cm³/mol. The molecule has 3 aromatic heterocycles. The van der Waals surface area contributed by atoms with E-state index in [0.29, 0.717) is 6.54 Å². The van der Waals surface area contributed by atoms with Crippen molar-refractivity contribution in [2.75, 3.05) is 0 Å². The maximum absolute atomic E-state index is 12.7. The Balaban J connectivity index is 1.36. The number of rotatable bonds is 3. The fourth-order valence-electron chi connectivity index (χ4n) is 3.73. The van der Waals surface area contributed by atoms with Gasteiger partial charge in [-0.15, -0.1) is 11.3 Å². The molecule has 0 bridgehead atoms. The Morgan fingerprint density at radius 2 is 2.00 bits per heavy atom. The highest BCUT2D eigenvalue weighted by atomic mass is 32.1. The molecular formula is C22H19N3OS. The Morgan fingerprint density at radius 1 is 1.15 bits per heavy atom. The number of aryl methyl sites for hydroxylation is 3. The minimum Gasteiger partial charge on any atom is -0.346 e. The summed E-state index contributed by atoms with van der Waals surface area (Å²) >= 11 is 1.59. The van der Waals surface area contributed by atoms with E-state index in [2.05, 4.69) is 40.6 Å². The average Bonchev–Trinajstić information content (AvgIpc) is 3.31. The lowest BCUT2D eigenvalue weighted by atomic mass is 9.91. The van der Waals surface area contributed by atoms with Crippen molar-refractivity contribution in [3.05, 3.63) is 82.1 Å². The summed E-state index contributed by atoms with van der Waals surface area (Å²) in [5.74, 6) is -0.0272. The number of thiophene rings is 1. The van der Waals surface area contributed by atoms with Gasteiger partial charge in [0.15, 0.2) is 0 Å². The third kappa shape index (κ3) is 2.84. The van der Waals surface area contributed by atoms with Crippen LogP contribution in [0.3, 0.4) is 0 Å². The van der Waals surface area contributed by atoms with E-state index in [9.17, 15) is 4.79 Å².